The van der Waals surface area contributed by atoms with E-state index >= 15 is 0 Å². The molecule has 0 aliphatic heterocycles. The second-order valence-electron chi connectivity index (χ2n) is 5.19. The number of pyridine rings is 1. The van der Waals surface area contributed by atoms with Crippen LogP contribution in [0.25, 0.3) is 5.82 Å². The smallest absolute Gasteiger partial charge is 0.255 e. The molecule has 0 saturated heterocycles. The summed E-state index contributed by atoms with van der Waals surface area (Å²) in [6.45, 7) is 3.58. The Morgan fingerprint density at radius 2 is 2.14 bits per heavy atom. The molecule has 0 bridgehead atoms. The van der Waals surface area contributed by atoms with Crippen LogP contribution in [0.3, 0.4) is 0 Å². The fraction of sp³-hybridized carbons (Fsp3) is 0.429. The summed E-state index contributed by atoms with van der Waals surface area (Å²) in [4.78, 5) is 18.8. The number of hydrogen-bond acceptors (Lipinski definition) is 4. The van der Waals surface area contributed by atoms with Crippen molar-refractivity contribution in [2.45, 2.75) is 19.8 Å². The lowest BCUT2D eigenvalue weighted by Crippen LogP contribution is -2.32. The average molecular weight is 350 g/mol. The summed E-state index contributed by atoms with van der Waals surface area (Å²) in [6, 6.07) is 1.81. The minimum atomic E-state index is 0.0351. The molecule has 7 heteroatoms. The van der Waals surface area contributed by atoms with Crippen LogP contribution in [-0.4, -0.2) is 43.6 Å². The molecule has 21 heavy (non-hydrogen) atoms. The summed E-state index contributed by atoms with van der Waals surface area (Å²) < 4.78 is 2.44. The molecule has 2 heterocycles. The highest BCUT2D eigenvalue weighted by Crippen LogP contribution is 2.30. The van der Waals surface area contributed by atoms with Crippen LogP contribution in [0.2, 0.25) is 0 Å². The summed E-state index contributed by atoms with van der Waals surface area (Å²) in [5.41, 5.74) is 0.598. The average Bonchev–Trinajstić information content (AvgIpc) is 3.15. The molecule has 1 aliphatic carbocycles. The number of nitrogens with zero attached hydrogens (tertiary/aromatic N) is 5. The first-order valence-corrected chi connectivity index (χ1v) is 7.78. The van der Waals surface area contributed by atoms with Crippen molar-refractivity contribution in [3.8, 4) is 5.82 Å². The van der Waals surface area contributed by atoms with Gasteiger partial charge in [-0.3, -0.25) is 9.36 Å². The zero-order valence-electron chi connectivity index (χ0n) is 11.7. The van der Waals surface area contributed by atoms with E-state index in [9.17, 15) is 4.79 Å². The molecule has 1 saturated carbocycles. The standard InChI is InChI=1S/C14H16BrN5O/c1-2-19(7-10-3-4-10)14(21)11-5-12(15)13(16-6-11)20-8-17-18-9-20/h5-6,8-10H,2-4,7H2,1H3. The normalized spacial score (nSPS) is 14.2. The van der Waals surface area contributed by atoms with Crippen LogP contribution in [0.1, 0.15) is 30.1 Å². The molecule has 1 amide bonds. The molecule has 1 fully saturated rings. The fourth-order valence-corrected chi connectivity index (χ4v) is 2.75. The van der Waals surface area contributed by atoms with E-state index in [0.717, 1.165) is 17.6 Å². The van der Waals surface area contributed by atoms with Crippen molar-refractivity contribution in [1.29, 1.82) is 0 Å². The molecule has 6 nitrogen and oxygen atoms in total. The monoisotopic (exact) mass is 349 g/mol. The Balaban J connectivity index is 1.82. The predicted octanol–water partition coefficient (Wildman–Crippen LogP) is 2.30. The van der Waals surface area contributed by atoms with Crippen LogP contribution in [0.4, 0.5) is 0 Å². The van der Waals surface area contributed by atoms with Crippen LogP contribution in [0.15, 0.2) is 29.4 Å². The number of carbonyl (C=O) groups excluding carboxylic acids is 1. The second kappa shape index (κ2) is 5.93. The van der Waals surface area contributed by atoms with E-state index in [0.29, 0.717) is 17.3 Å². The van der Waals surface area contributed by atoms with Crippen LogP contribution >= 0.6 is 15.9 Å². The second-order valence-corrected chi connectivity index (χ2v) is 6.04. The molecule has 2 aromatic heterocycles. The predicted molar refractivity (Wildman–Crippen MR) is 81.2 cm³/mol. The van der Waals surface area contributed by atoms with Gasteiger partial charge in [-0.2, -0.15) is 0 Å². The summed E-state index contributed by atoms with van der Waals surface area (Å²) >= 11 is 3.46. The Hall–Kier alpha value is -1.76. The third-order valence-corrected chi connectivity index (χ3v) is 4.16. The van der Waals surface area contributed by atoms with Crippen LogP contribution in [0.5, 0.6) is 0 Å². The van der Waals surface area contributed by atoms with Crippen LogP contribution < -0.4 is 0 Å². The number of hydrogen-bond donors (Lipinski definition) is 0. The van der Waals surface area contributed by atoms with E-state index in [2.05, 4.69) is 31.1 Å². The van der Waals surface area contributed by atoms with Crippen molar-refractivity contribution < 1.29 is 4.79 Å². The SMILES string of the molecule is CCN(CC1CC1)C(=O)c1cnc(-n2cnnc2)c(Br)c1. The molecule has 2 aromatic rings. The van der Waals surface area contributed by atoms with Crippen molar-refractivity contribution in [1.82, 2.24) is 24.6 Å². The first kappa shape index (κ1) is 14.2. The largest absolute Gasteiger partial charge is 0.339 e. The summed E-state index contributed by atoms with van der Waals surface area (Å²) in [7, 11) is 0. The Morgan fingerprint density at radius 1 is 1.43 bits per heavy atom. The van der Waals surface area contributed by atoms with Crippen molar-refractivity contribution in [2.24, 2.45) is 5.92 Å². The van der Waals surface area contributed by atoms with Crippen LogP contribution in [-0.2, 0) is 0 Å². The molecule has 0 radical (unpaired) electrons. The minimum Gasteiger partial charge on any atom is -0.339 e. The molecule has 0 atom stereocenters. The Morgan fingerprint density at radius 3 is 2.71 bits per heavy atom. The number of carbonyl (C=O) groups is 1. The first-order chi connectivity index (χ1) is 10.2. The van der Waals surface area contributed by atoms with Gasteiger partial charge in [-0.1, -0.05) is 0 Å². The van der Waals surface area contributed by atoms with Gasteiger partial charge in [-0.25, -0.2) is 4.98 Å². The zero-order valence-corrected chi connectivity index (χ0v) is 13.3. The molecule has 1 aliphatic rings. The van der Waals surface area contributed by atoms with Gasteiger partial charge >= 0.3 is 0 Å². The van der Waals surface area contributed by atoms with Gasteiger partial charge in [-0.05, 0) is 47.7 Å². The lowest BCUT2D eigenvalue weighted by Gasteiger charge is -2.20. The quantitative estimate of drug-likeness (QED) is 0.830. The molecular formula is C14H16BrN5O. The Bertz CT molecular complexity index is 639. The number of halogens is 1. The molecule has 0 unspecified atom stereocenters. The van der Waals surface area contributed by atoms with Crippen molar-refractivity contribution in [3.63, 3.8) is 0 Å². The van der Waals surface area contributed by atoms with Gasteiger partial charge < -0.3 is 4.90 Å². The third-order valence-electron chi connectivity index (χ3n) is 3.58. The number of aromatic nitrogens is 4. The van der Waals surface area contributed by atoms with Crippen molar-refractivity contribution >= 4 is 21.8 Å². The zero-order chi connectivity index (χ0) is 14.8. The molecule has 110 valence electrons. The topological polar surface area (TPSA) is 63.9 Å². The molecule has 3 rings (SSSR count). The van der Waals surface area contributed by atoms with E-state index in [1.54, 1.807) is 29.5 Å². The maximum absolute atomic E-state index is 12.5. The minimum absolute atomic E-state index is 0.0351. The van der Waals surface area contributed by atoms with Gasteiger partial charge in [0.05, 0.1) is 10.0 Å². The summed E-state index contributed by atoms with van der Waals surface area (Å²) in [5.74, 6) is 1.39. The van der Waals surface area contributed by atoms with Crippen molar-refractivity contribution in [2.75, 3.05) is 13.1 Å². The summed E-state index contributed by atoms with van der Waals surface area (Å²) in [6.07, 6.45) is 7.22. The molecule has 0 N–H and O–H groups in total. The third kappa shape index (κ3) is 3.12. The lowest BCUT2D eigenvalue weighted by atomic mass is 10.2. The maximum atomic E-state index is 12.5. The highest BCUT2D eigenvalue weighted by atomic mass is 79.9. The van der Waals surface area contributed by atoms with E-state index in [4.69, 9.17) is 0 Å². The highest BCUT2D eigenvalue weighted by Gasteiger charge is 2.26. The van der Waals surface area contributed by atoms with Gasteiger partial charge in [-0.15, -0.1) is 10.2 Å². The van der Waals surface area contributed by atoms with E-state index in [-0.39, 0.29) is 5.91 Å². The van der Waals surface area contributed by atoms with Gasteiger partial charge in [0.25, 0.3) is 5.91 Å². The summed E-state index contributed by atoms with van der Waals surface area (Å²) in [5, 5.41) is 7.51. The van der Waals surface area contributed by atoms with Gasteiger partial charge in [0, 0.05) is 19.3 Å². The van der Waals surface area contributed by atoms with E-state index < -0.39 is 0 Å². The molecular weight excluding hydrogens is 334 g/mol. The van der Waals surface area contributed by atoms with Crippen LogP contribution in [0, 0.1) is 5.92 Å². The fourth-order valence-electron chi connectivity index (χ4n) is 2.20. The van der Waals surface area contributed by atoms with E-state index in [1.807, 2.05) is 11.8 Å². The Labute approximate surface area is 131 Å². The number of amides is 1. The first-order valence-electron chi connectivity index (χ1n) is 6.99. The van der Waals surface area contributed by atoms with Gasteiger partial charge in [0.2, 0.25) is 0 Å². The van der Waals surface area contributed by atoms with Gasteiger partial charge in [0.1, 0.15) is 12.7 Å². The number of rotatable bonds is 5. The molecule has 0 spiro atoms. The Kier molecular flexibility index (Phi) is 4.01. The lowest BCUT2D eigenvalue weighted by molar-refractivity contribution is 0.0756. The van der Waals surface area contributed by atoms with Crippen molar-refractivity contribution in [3.05, 3.63) is 35.0 Å². The van der Waals surface area contributed by atoms with Gasteiger partial charge in [0.15, 0.2) is 5.82 Å². The van der Waals surface area contributed by atoms with E-state index in [1.165, 1.54) is 12.8 Å². The highest BCUT2D eigenvalue weighted by molar-refractivity contribution is 9.10. The maximum Gasteiger partial charge on any atom is 0.255 e. The molecule has 0 aromatic carbocycles.